The molecule has 1 amide bonds. The lowest BCUT2D eigenvalue weighted by Crippen LogP contribution is -2.26. The minimum atomic E-state index is -0.842. The van der Waals surface area contributed by atoms with E-state index in [1.54, 1.807) is 12.4 Å². The molecule has 0 saturated heterocycles. The standard InChI is InChI=1S/C11H14N2O3S/c14-10(13-5-1-2-11(15)16)8-17-9-3-6-12-7-4-9/h3-4,6-7H,1-2,5,8H2,(H,13,14)(H,15,16). The number of carboxylic acid groups (broad SMARTS) is 1. The summed E-state index contributed by atoms with van der Waals surface area (Å²) in [6.07, 6.45) is 3.89. The highest BCUT2D eigenvalue weighted by atomic mass is 32.2. The highest BCUT2D eigenvalue weighted by Crippen LogP contribution is 2.15. The van der Waals surface area contributed by atoms with E-state index in [4.69, 9.17) is 5.11 Å². The van der Waals surface area contributed by atoms with Crippen molar-refractivity contribution >= 4 is 23.6 Å². The van der Waals surface area contributed by atoms with Crippen LogP contribution >= 0.6 is 11.8 Å². The minimum Gasteiger partial charge on any atom is -0.481 e. The summed E-state index contributed by atoms with van der Waals surface area (Å²) in [7, 11) is 0. The number of carbonyl (C=O) groups is 2. The van der Waals surface area contributed by atoms with E-state index in [1.165, 1.54) is 11.8 Å². The van der Waals surface area contributed by atoms with Gasteiger partial charge >= 0.3 is 5.97 Å². The van der Waals surface area contributed by atoms with Gasteiger partial charge in [-0.3, -0.25) is 14.6 Å². The zero-order valence-electron chi connectivity index (χ0n) is 9.26. The van der Waals surface area contributed by atoms with Crippen molar-refractivity contribution in [3.63, 3.8) is 0 Å². The molecular weight excluding hydrogens is 240 g/mol. The molecule has 0 aromatic carbocycles. The number of aromatic nitrogens is 1. The molecule has 0 fully saturated rings. The molecule has 0 radical (unpaired) electrons. The maximum Gasteiger partial charge on any atom is 0.303 e. The molecule has 0 saturated carbocycles. The molecule has 0 atom stereocenters. The van der Waals surface area contributed by atoms with Crippen molar-refractivity contribution in [1.82, 2.24) is 10.3 Å². The molecule has 92 valence electrons. The highest BCUT2D eigenvalue weighted by Gasteiger charge is 2.02. The molecule has 2 N–H and O–H groups in total. The van der Waals surface area contributed by atoms with Gasteiger partial charge in [0.2, 0.25) is 5.91 Å². The maximum absolute atomic E-state index is 11.4. The summed E-state index contributed by atoms with van der Waals surface area (Å²) in [4.78, 5) is 26.5. The molecular formula is C11H14N2O3S. The topological polar surface area (TPSA) is 79.3 Å². The third-order valence-electron chi connectivity index (χ3n) is 1.91. The number of nitrogens with one attached hydrogen (secondary N) is 1. The van der Waals surface area contributed by atoms with E-state index in [1.807, 2.05) is 12.1 Å². The second kappa shape index (κ2) is 7.67. The fourth-order valence-electron chi connectivity index (χ4n) is 1.10. The van der Waals surface area contributed by atoms with E-state index in [2.05, 4.69) is 10.3 Å². The van der Waals surface area contributed by atoms with Crippen LogP contribution in [0, 0.1) is 0 Å². The van der Waals surface area contributed by atoms with Crippen molar-refractivity contribution in [2.45, 2.75) is 17.7 Å². The smallest absolute Gasteiger partial charge is 0.303 e. The molecule has 0 aliphatic carbocycles. The van der Waals surface area contributed by atoms with Crippen LogP contribution in [0.1, 0.15) is 12.8 Å². The van der Waals surface area contributed by atoms with Gasteiger partial charge in [-0.1, -0.05) is 0 Å². The number of nitrogens with zero attached hydrogens (tertiary/aromatic N) is 1. The fourth-order valence-corrected chi connectivity index (χ4v) is 1.82. The number of hydrogen-bond donors (Lipinski definition) is 2. The Morgan fingerprint density at radius 1 is 1.35 bits per heavy atom. The monoisotopic (exact) mass is 254 g/mol. The Bertz CT molecular complexity index is 370. The van der Waals surface area contributed by atoms with Crippen LogP contribution in [0.2, 0.25) is 0 Å². The first-order valence-corrected chi connectivity index (χ1v) is 6.18. The van der Waals surface area contributed by atoms with Crippen LogP contribution in [0.3, 0.4) is 0 Å². The largest absolute Gasteiger partial charge is 0.481 e. The third kappa shape index (κ3) is 6.57. The molecule has 1 aromatic heterocycles. The van der Waals surface area contributed by atoms with Crippen molar-refractivity contribution in [1.29, 1.82) is 0 Å². The molecule has 1 heterocycles. The van der Waals surface area contributed by atoms with Crippen LogP contribution in [-0.2, 0) is 9.59 Å². The van der Waals surface area contributed by atoms with Crippen LogP contribution < -0.4 is 5.32 Å². The van der Waals surface area contributed by atoms with Gasteiger partial charge in [0, 0.05) is 30.3 Å². The molecule has 0 spiro atoms. The second-order valence-corrected chi connectivity index (χ2v) is 4.37. The summed E-state index contributed by atoms with van der Waals surface area (Å²) in [5, 5.41) is 11.1. The van der Waals surface area contributed by atoms with Crippen molar-refractivity contribution < 1.29 is 14.7 Å². The summed E-state index contributed by atoms with van der Waals surface area (Å²) in [6.45, 7) is 0.405. The number of rotatable bonds is 7. The summed E-state index contributed by atoms with van der Waals surface area (Å²) in [6, 6.07) is 3.67. The summed E-state index contributed by atoms with van der Waals surface area (Å²) in [5.41, 5.74) is 0. The zero-order valence-corrected chi connectivity index (χ0v) is 10.1. The SMILES string of the molecule is O=C(O)CCCNC(=O)CSc1ccncc1. The van der Waals surface area contributed by atoms with Crippen molar-refractivity contribution in [2.24, 2.45) is 0 Å². The Labute approximate surface area is 104 Å². The van der Waals surface area contributed by atoms with E-state index in [9.17, 15) is 9.59 Å². The van der Waals surface area contributed by atoms with E-state index in [-0.39, 0.29) is 12.3 Å². The third-order valence-corrected chi connectivity index (χ3v) is 2.92. The lowest BCUT2D eigenvalue weighted by Gasteiger charge is -2.03. The highest BCUT2D eigenvalue weighted by molar-refractivity contribution is 8.00. The van der Waals surface area contributed by atoms with Crippen LogP contribution in [0.15, 0.2) is 29.4 Å². The molecule has 0 bridgehead atoms. The number of amides is 1. The van der Waals surface area contributed by atoms with Gasteiger partial charge in [0.25, 0.3) is 0 Å². The number of thioether (sulfide) groups is 1. The van der Waals surface area contributed by atoms with Crippen LogP contribution in [0.4, 0.5) is 0 Å². The van der Waals surface area contributed by atoms with Gasteiger partial charge in [-0.15, -0.1) is 11.8 Å². The van der Waals surface area contributed by atoms with Gasteiger partial charge in [0.15, 0.2) is 0 Å². The van der Waals surface area contributed by atoms with Gasteiger partial charge in [-0.05, 0) is 18.6 Å². The number of aliphatic carboxylic acids is 1. The molecule has 6 heteroatoms. The molecule has 1 rings (SSSR count). The van der Waals surface area contributed by atoms with E-state index in [0.717, 1.165) is 4.90 Å². The maximum atomic E-state index is 11.4. The molecule has 0 aliphatic heterocycles. The van der Waals surface area contributed by atoms with Crippen LogP contribution in [-0.4, -0.2) is 34.3 Å². The van der Waals surface area contributed by atoms with Crippen molar-refractivity contribution in [3.05, 3.63) is 24.5 Å². The van der Waals surface area contributed by atoms with E-state index in [0.29, 0.717) is 18.7 Å². The lowest BCUT2D eigenvalue weighted by molar-refractivity contribution is -0.137. The Balaban J connectivity index is 2.11. The Hall–Kier alpha value is -1.56. The quantitative estimate of drug-likeness (QED) is 0.563. The fraction of sp³-hybridized carbons (Fsp3) is 0.364. The van der Waals surface area contributed by atoms with Gasteiger partial charge in [-0.25, -0.2) is 0 Å². The molecule has 17 heavy (non-hydrogen) atoms. The molecule has 1 aromatic rings. The Kier molecular flexibility index (Phi) is 6.09. The molecule has 5 nitrogen and oxygen atoms in total. The summed E-state index contributed by atoms with van der Waals surface area (Å²) in [5.74, 6) is -0.598. The minimum absolute atomic E-state index is 0.0811. The number of hydrogen-bond acceptors (Lipinski definition) is 4. The van der Waals surface area contributed by atoms with Crippen LogP contribution in [0.5, 0.6) is 0 Å². The number of pyridine rings is 1. The number of carboxylic acids is 1. The van der Waals surface area contributed by atoms with Gasteiger partial charge in [0.05, 0.1) is 5.75 Å². The van der Waals surface area contributed by atoms with E-state index < -0.39 is 5.97 Å². The lowest BCUT2D eigenvalue weighted by atomic mass is 10.3. The average molecular weight is 254 g/mol. The van der Waals surface area contributed by atoms with E-state index >= 15 is 0 Å². The average Bonchev–Trinajstić information content (AvgIpc) is 2.33. The van der Waals surface area contributed by atoms with Gasteiger partial charge in [0.1, 0.15) is 0 Å². The first-order valence-electron chi connectivity index (χ1n) is 5.20. The normalized spacial score (nSPS) is 9.88. The summed E-state index contributed by atoms with van der Waals surface area (Å²) >= 11 is 1.42. The molecule has 0 aliphatic rings. The predicted molar refractivity (Wildman–Crippen MR) is 64.8 cm³/mol. The van der Waals surface area contributed by atoms with Gasteiger partial charge < -0.3 is 10.4 Å². The first kappa shape index (κ1) is 13.5. The first-order chi connectivity index (χ1) is 8.18. The van der Waals surface area contributed by atoms with Crippen molar-refractivity contribution in [3.8, 4) is 0 Å². The van der Waals surface area contributed by atoms with Gasteiger partial charge in [-0.2, -0.15) is 0 Å². The molecule has 0 unspecified atom stereocenters. The Morgan fingerprint density at radius 3 is 2.71 bits per heavy atom. The summed E-state index contributed by atoms with van der Waals surface area (Å²) < 4.78 is 0. The Morgan fingerprint density at radius 2 is 2.06 bits per heavy atom. The zero-order chi connectivity index (χ0) is 12.5. The van der Waals surface area contributed by atoms with Crippen molar-refractivity contribution in [2.75, 3.05) is 12.3 Å². The van der Waals surface area contributed by atoms with Crippen LogP contribution in [0.25, 0.3) is 0 Å². The number of carbonyl (C=O) groups excluding carboxylic acids is 1. The predicted octanol–water partition coefficient (Wildman–Crippen LogP) is 1.15. The second-order valence-electron chi connectivity index (χ2n) is 3.32.